The first-order chi connectivity index (χ1) is 16.9. The van der Waals surface area contributed by atoms with Crippen molar-refractivity contribution in [1.29, 1.82) is 0 Å². The number of anilines is 1. The summed E-state index contributed by atoms with van der Waals surface area (Å²) in [7, 11) is 1.33. The second kappa shape index (κ2) is 7.99. The molecule has 0 amide bonds. The molecule has 3 aliphatic rings. The van der Waals surface area contributed by atoms with Crippen molar-refractivity contribution in [2.45, 2.75) is 40.8 Å². The quantitative estimate of drug-likeness (QED) is 0.241. The third-order valence-electron chi connectivity index (χ3n) is 7.25. The highest BCUT2D eigenvalue weighted by Gasteiger charge is 2.78. The number of halogens is 1. The van der Waals surface area contributed by atoms with Gasteiger partial charge in [0.2, 0.25) is 0 Å². The van der Waals surface area contributed by atoms with Crippen molar-refractivity contribution in [3.63, 3.8) is 0 Å². The number of rotatable bonds is 3. The minimum Gasteiger partial charge on any atom is -0.478 e. The number of hydrogen-bond donors (Lipinski definition) is 0. The number of hydrogen-bond acceptors (Lipinski definition) is 7. The maximum absolute atomic E-state index is 13.4. The fourth-order valence-corrected chi connectivity index (χ4v) is 7.78. The van der Waals surface area contributed by atoms with Crippen LogP contribution in [-0.4, -0.2) is 35.0 Å². The van der Waals surface area contributed by atoms with E-state index in [2.05, 4.69) is 15.9 Å². The van der Waals surface area contributed by atoms with Gasteiger partial charge in [-0.15, -0.1) is 0 Å². The minimum absolute atomic E-state index is 0.217. The number of esters is 1. The molecular formula is C26H21BrN2O5S. The van der Waals surface area contributed by atoms with Crippen LogP contribution in [-0.2, 0) is 9.53 Å². The van der Waals surface area contributed by atoms with E-state index in [0.717, 1.165) is 20.6 Å². The summed E-state index contributed by atoms with van der Waals surface area (Å²) in [6.07, 6.45) is -0.916. The van der Waals surface area contributed by atoms with Gasteiger partial charge < -0.3 is 14.4 Å². The third kappa shape index (κ3) is 3.00. The Morgan fingerprint density at radius 2 is 1.91 bits per heavy atom. The number of aryl methyl sites for hydroxylation is 1. The Morgan fingerprint density at radius 1 is 1.17 bits per heavy atom. The number of methoxy groups -OCH3 is 1. The Kier molecular flexibility index (Phi) is 5.12. The van der Waals surface area contributed by atoms with E-state index < -0.39 is 34.9 Å². The van der Waals surface area contributed by atoms with Gasteiger partial charge >= 0.3 is 11.5 Å². The lowest BCUT2D eigenvalue weighted by Crippen LogP contribution is -2.58. The van der Waals surface area contributed by atoms with Crippen molar-refractivity contribution in [2.24, 2.45) is 0 Å². The summed E-state index contributed by atoms with van der Waals surface area (Å²) < 4.78 is 12.5. The Morgan fingerprint density at radius 3 is 2.63 bits per heavy atom. The predicted molar refractivity (Wildman–Crippen MR) is 136 cm³/mol. The molecule has 0 aromatic heterocycles. The van der Waals surface area contributed by atoms with Crippen LogP contribution in [0.15, 0.2) is 76.1 Å². The molecule has 35 heavy (non-hydrogen) atoms. The van der Waals surface area contributed by atoms with Crippen LogP contribution in [0.25, 0.3) is 0 Å². The first-order valence-electron chi connectivity index (χ1n) is 11.2. The summed E-state index contributed by atoms with van der Waals surface area (Å²) in [5.41, 5.74) is 1.51. The van der Waals surface area contributed by atoms with Gasteiger partial charge in [0, 0.05) is 19.9 Å². The molecule has 3 aliphatic heterocycles. The summed E-state index contributed by atoms with van der Waals surface area (Å²) in [6.45, 7) is 1.97. The Labute approximate surface area is 214 Å². The van der Waals surface area contributed by atoms with Crippen molar-refractivity contribution in [3.8, 4) is 5.75 Å². The van der Waals surface area contributed by atoms with Crippen LogP contribution in [0.2, 0.25) is 0 Å². The number of carbonyl (C=O) groups excluding carboxylic acids is 1. The smallest absolute Gasteiger partial charge is 0.329 e. The molecule has 0 unspecified atom stereocenters. The maximum atomic E-state index is 13.4. The molecule has 0 aliphatic carbocycles. The molecule has 0 saturated carbocycles. The van der Waals surface area contributed by atoms with Gasteiger partial charge in [0.1, 0.15) is 11.8 Å². The van der Waals surface area contributed by atoms with Crippen molar-refractivity contribution in [3.05, 3.63) is 98.0 Å². The van der Waals surface area contributed by atoms with E-state index in [9.17, 15) is 14.9 Å². The SMILES string of the molecule is COC(=O)[C@H]1[C@H]2c3cc(Br)ccc3O[C@H](c3ccc(C)cc3)[C@@]2([N+](=O)[O-])[C@@H]2Sc3ccccc3N21. The molecule has 7 nitrogen and oxygen atoms in total. The summed E-state index contributed by atoms with van der Waals surface area (Å²) in [6, 6.07) is 19.9. The second-order valence-electron chi connectivity index (χ2n) is 9.03. The van der Waals surface area contributed by atoms with Gasteiger partial charge in [0.05, 0.1) is 18.7 Å². The van der Waals surface area contributed by atoms with Crippen LogP contribution in [0.4, 0.5) is 5.69 Å². The second-order valence-corrected chi connectivity index (χ2v) is 11.1. The average molecular weight is 553 g/mol. The van der Waals surface area contributed by atoms with E-state index in [1.807, 2.05) is 78.6 Å². The van der Waals surface area contributed by atoms with Crippen molar-refractivity contribution in [2.75, 3.05) is 12.0 Å². The van der Waals surface area contributed by atoms with E-state index in [1.165, 1.54) is 18.9 Å². The first kappa shape index (κ1) is 22.4. The number of para-hydroxylation sites is 1. The normalized spacial score (nSPS) is 27.8. The highest BCUT2D eigenvalue weighted by Crippen LogP contribution is 2.66. The molecule has 6 rings (SSSR count). The molecule has 178 valence electrons. The van der Waals surface area contributed by atoms with Gasteiger partial charge in [-0.3, -0.25) is 10.1 Å². The number of nitrogens with zero attached hydrogens (tertiary/aromatic N) is 2. The van der Waals surface area contributed by atoms with Crippen LogP contribution in [0.3, 0.4) is 0 Å². The highest BCUT2D eigenvalue weighted by molar-refractivity contribution is 9.10. The lowest BCUT2D eigenvalue weighted by atomic mass is 9.71. The molecule has 0 spiro atoms. The van der Waals surface area contributed by atoms with Gasteiger partial charge in [0.25, 0.3) is 0 Å². The number of benzene rings is 3. The topological polar surface area (TPSA) is 81.9 Å². The largest absolute Gasteiger partial charge is 0.478 e. The number of ether oxygens (including phenoxy) is 2. The van der Waals surface area contributed by atoms with Crippen LogP contribution in [0, 0.1) is 17.0 Å². The molecule has 0 radical (unpaired) electrons. The van der Waals surface area contributed by atoms with Crippen molar-refractivity contribution < 1.29 is 19.2 Å². The molecule has 1 fully saturated rings. The van der Waals surface area contributed by atoms with Crippen LogP contribution in [0.1, 0.15) is 28.7 Å². The molecule has 1 saturated heterocycles. The lowest BCUT2D eigenvalue weighted by molar-refractivity contribution is -0.585. The standard InChI is InChI=1S/C26H21BrN2O5S/c1-14-7-9-15(10-8-14)23-26(29(31)32)21(17-13-16(27)11-12-19(17)34-23)22(24(30)33-2)28-18-5-3-4-6-20(18)35-25(26)28/h3-13,21-23,25H,1-2H3/t21-,22-,23-,25+,26-/m1/s1. The predicted octanol–water partition coefficient (Wildman–Crippen LogP) is 5.48. The molecule has 9 heteroatoms. The Balaban J connectivity index is 1.68. The average Bonchev–Trinajstić information content (AvgIpc) is 3.37. The van der Waals surface area contributed by atoms with Gasteiger partial charge in [-0.1, -0.05) is 69.7 Å². The fraction of sp³-hybridized carbons (Fsp3) is 0.269. The zero-order valence-electron chi connectivity index (χ0n) is 18.9. The number of thioether (sulfide) groups is 1. The van der Waals surface area contributed by atoms with Gasteiger partial charge in [-0.05, 0) is 42.8 Å². The molecular weight excluding hydrogens is 532 g/mol. The van der Waals surface area contributed by atoms with Gasteiger partial charge in [-0.2, -0.15) is 0 Å². The molecule has 0 bridgehead atoms. The highest BCUT2D eigenvalue weighted by atomic mass is 79.9. The zero-order valence-corrected chi connectivity index (χ0v) is 21.3. The van der Waals surface area contributed by atoms with Gasteiger partial charge in [0.15, 0.2) is 11.5 Å². The Hall–Kier alpha value is -3.04. The van der Waals surface area contributed by atoms with E-state index in [0.29, 0.717) is 16.9 Å². The third-order valence-corrected chi connectivity index (χ3v) is 9.17. The number of carbonyl (C=O) groups is 1. The lowest BCUT2D eigenvalue weighted by Gasteiger charge is -2.41. The monoisotopic (exact) mass is 552 g/mol. The maximum Gasteiger partial charge on any atom is 0.329 e. The molecule has 3 aromatic rings. The van der Waals surface area contributed by atoms with E-state index in [4.69, 9.17) is 9.47 Å². The number of nitro groups is 1. The van der Waals surface area contributed by atoms with Crippen molar-refractivity contribution >= 4 is 39.3 Å². The summed E-state index contributed by atoms with van der Waals surface area (Å²) in [4.78, 5) is 29.4. The molecule has 0 N–H and O–H groups in total. The van der Waals surface area contributed by atoms with E-state index in [-0.39, 0.29) is 4.92 Å². The van der Waals surface area contributed by atoms with Gasteiger partial charge in [-0.25, -0.2) is 4.79 Å². The minimum atomic E-state index is -1.66. The summed E-state index contributed by atoms with van der Waals surface area (Å²) in [5, 5.41) is 12.7. The summed E-state index contributed by atoms with van der Waals surface area (Å²) >= 11 is 4.93. The Bertz CT molecular complexity index is 1370. The molecule has 3 heterocycles. The molecule has 5 atom stereocenters. The van der Waals surface area contributed by atoms with E-state index >= 15 is 0 Å². The fourth-order valence-electron chi connectivity index (χ4n) is 5.80. The number of fused-ring (bicyclic) bond motifs is 7. The zero-order chi connectivity index (χ0) is 24.5. The summed E-state index contributed by atoms with van der Waals surface area (Å²) in [5.74, 6) is -0.769. The van der Waals surface area contributed by atoms with Crippen LogP contribution >= 0.6 is 27.7 Å². The first-order valence-corrected chi connectivity index (χ1v) is 12.8. The van der Waals surface area contributed by atoms with E-state index in [1.54, 1.807) is 0 Å². The van der Waals surface area contributed by atoms with Crippen LogP contribution < -0.4 is 9.64 Å². The van der Waals surface area contributed by atoms with Crippen molar-refractivity contribution in [1.82, 2.24) is 0 Å². The van der Waals surface area contributed by atoms with Crippen LogP contribution in [0.5, 0.6) is 5.75 Å². The molecule has 3 aromatic carbocycles.